The third-order valence-electron chi connectivity index (χ3n) is 2.71. The molecule has 1 N–H and O–H groups in total. The molecule has 4 heteroatoms. The van der Waals surface area contributed by atoms with E-state index in [0.717, 1.165) is 22.3 Å². The largest absolute Gasteiger partial charge is 0.332 e. The van der Waals surface area contributed by atoms with Crippen molar-refractivity contribution >= 4 is 33.9 Å². The zero-order chi connectivity index (χ0) is 13.6. The Morgan fingerprint density at radius 1 is 0.950 bits per heavy atom. The molecular formula is C16H14N2S2. The van der Waals surface area contributed by atoms with Crippen LogP contribution in [0.15, 0.2) is 70.9 Å². The van der Waals surface area contributed by atoms with Gasteiger partial charge in [-0.1, -0.05) is 36.4 Å². The monoisotopic (exact) mass is 298 g/mol. The number of nitrogens with one attached hydrogen (secondary N) is 1. The molecule has 0 aliphatic carbocycles. The van der Waals surface area contributed by atoms with Crippen molar-refractivity contribution in [3.05, 3.63) is 71.7 Å². The number of hydrogen-bond acceptors (Lipinski definition) is 4. The SMILES string of the molecule is c1ccc(Nc2nc(CSc3ccccc3)cs2)cc1. The summed E-state index contributed by atoms with van der Waals surface area (Å²) in [6.07, 6.45) is 0. The summed E-state index contributed by atoms with van der Waals surface area (Å²) in [7, 11) is 0. The molecule has 100 valence electrons. The molecule has 2 aromatic carbocycles. The van der Waals surface area contributed by atoms with Crippen LogP contribution in [0, 0.1) is 0 Å². The highest BCUT2D eigenvalue weighted by molar-refractivity contribution is 7.98. The molecule has 3 aromatic rings. The maximum Gasteiger partial charge on any atom is 0.187 e. The van der Waals surface area contributed by atoms with Gasteiger partial charge in [0.05, 0.1) is 5.69 Å². The zero-order valence-corrected chi connectivity index (χ0v) is 12.5. The lowest BCUT2D eigenvalue weighted by atomic mass is 10.3. The molecule has 0 bridgehead atoms. The Balaban J connectivity index is 1.60. The van der Waals surface area contributed by atoms with E-state index in [2.05, 4.69) is 39.9 Å². The van der Waals surface area contributed by atoms with Crippen molar-refractivity contribution in [3.8, 4) is 0 Å². The van der Waals surface area contributed by atoms with Crippen molar-refractivity contribution < 1.29 is 0 Å². The normalized spacial score (nSPS) is 10.4. The average molecular weight is 298 g/mol. The van der Waals surface area contributed by atoms with Gasteiger partial charge in [0.15, 0.2) is 5.13 Å². The van der Waals surface area contributed by atoms with Crippen LogP contribution < -0.4 is 5.32 Å². The number of anilines is 2. The number of hydrogen-bond donors (Lipinski definition) is 1. The van der Waals surface area contributed by atoms with Crippen molar-refractivity contribution in [1.29, 1.82) is 0 Å². The van der Waals surface area contributed by atoms with E-state index in [1.165, 1.54) is 4.90 Å². The summed E-state index contributed by atoms with van der Waals surface area (Å²) in [5.41, 5.74) is 2.19. The van der Waals surface area contributed by atoms with Gasteiger partial charge in [-0.05, 0) is 24.3 Å². The van der Waals surface area contributed by atoms with E-state index in [0.29, 0.717) is 0 Å². The summed E-state index contributed by atoms with van der Waals surface area (Å²) in [6, 6.07) is 20.5. The van der Waals surface area contributed by atoms with Gasteiger partial charge < -0.3 is 5.32 Å². The molecule has 0 fully saturated rings. The minimum Gasteiger partial charge on any atom is -0.332 e. The molecule has 0 saturated heterocycles. The van der Waals surface area contributed by atoms with Crippen molar-refractivity contribution in [1.82, 2.24) is 4.98 Å². The standard InChI is InChI=1S/C16H14N2S2/c1-3-7-13(8-4-1)17-16-18-14(12-20-16)11-19-15-9-5-2-6-10-15/h1-10,12H,11H2,(H,17,18). The van der Waals surface area contributed by atoms with Crippen LogP contribution >= 0.6 is 23.1 Å². The summed E-state index contributed by atoms with van der Waals surface area (Å²) in [5, 5.41) is 6.38. The van der Waals surface area contributed by atoms with Crippen LogP contribution in [-0.4, -0.2) is 4.98 Å². The quantitative estimate of drug-likeness (QED) is 0.657. The van der Waals surface area contributed by atoms with Gasteiger partial charge in [0.25, 0.3) is 0 Å². The first-order valence-electron chi connectivity index (χ1n) is 6.34. The third-order valence-corrected chi connectivity index (χ3v) is 4.56. The molecule has 2 nitrogen and oxygen atoms in total. The zero-order valence-electron chi connectivity index (χ0n) is 10.8. The lowest BCUT2D eigenvalue weighted by Crippen LogP contribution is -1.89. The second kappa shape index (κ2) is 6.59. The summed E-state index contributed by atoms with van der Waals surface area (Å²) >= 11 is 3.45. The van der Waals surface area contributed by atoms with E-state index in [1.54, 1.807) is 11.3 Å². The van der Waals surface area contributed by atoms with Gasteiger partial charge in [0.2, 0.25) is 0 Å². The fourth-order valence-electron chi connectivity index (χ4n) is 1.75. The molecule has 20 heavy (non-hydrogen) atoms. The Morgan fingerprint density at radius 2 is 1.65 bits per heavy atom. The highest BCUT2D eigenvalue weighted by atomic mass is 32.2. The number of aromatic nitrogens is 1. The second-order valence-corrected chi connectivity index (χ2v) is 6.14. The molecule has 1 aromatic heterocycles. The molecule has 0 unspecified atom stereocenters. The van der Waals surface area contributed by atoms with Crippen molar-refractivity contribution in [2.45, 2.75) is 10.6 Å². The molecule has 0 amide bonds. The minimum atomic E-state index is 0.900. The molecule has 0 saturated carbocycles. The Hall–Kier alpha value is -1.78. The van der Waals surface area contributed by atoms with Gasteiger partial charge in [-0.25, -0.2) is 4.98 Å². The fraction of sp³-hybridized carbons (Fsp3) is 0.0625. The van der Waals surface area contributed by atoms with Crippen LogP contribution in [0.25, 0.3) is 0 Å². The molecule has 0 radical (unpaired) electrons. The fourth-order valence-corrected chi connectivity index (χ4v) is 3.40. The molecule has 1 heterocycles. The van der Waals surface area contributed by atoms with E-state index in [4.69, 9.17) is 0 Å². The summed E-state index contributed by atoms with van der Waals surface area (Å²) in [5.74, 6) is 0.900. The number of thioether (sulfide) groups is 1. The predicted molar refractivity (Wildman–Crippen MR) is 87.8 cm³/mol. The summed E-state index contributed by atoms with van der Waals surface area (Å²) < 4.78 is 0. The van der Waals surface area contributed by atoms with Crippen LogP contribution in [0.2, 0.25) is 0 Å². The number of thiazole rings is 1. The summed E-state index contributed by atoms with van der Waals surface area (Å²) in [4.78, 5) is 5.88. The number of nitrogens with zero attached hydrogens (tertiary/aromatic N) is 1. The Labute approximate surface area is 126 Å². The topological polar surface area (TPSA) is 24.9 Å². The number of benzene rings is 2. The van der Waals surface area contributed by atoms with E-state index in [9.17, 15) is 0 Å². The van der Waals surface area contributed by atoms with E-state index in [-0.39, 0.29) is 0 Å². The van der Waals surface area contributed by atoms with Gasteiger partial charge in [-0.3, -0.25) is 0 Å². The van der Waals surface area contributed by atoms with E-state index >= 15 is 0 Å². The predicted octanol–water partition coefficient (Wildman–Crippen LogP) is 5.18. The average Bonchev–Trinajstić information content (AvgIpc) is 2.95. The molecule has 3 rings (SSSR count). The maximum atomic E-state index is 4.61. The first-order valence-corrected chi connectivity index (χ1v) is 8.21. The van der Waals surface area contributed by atoms with E-state index in [1.807, 2.05) is 48.2 Å². The Morgan fingerprint density at radius 3 is 2.40 bits per heavy atom. The van der Waals surface area contributed by atoms with E-state index < -0.39 is 0 Å². The Bertz CT molecular complexity index is 651. The highest BCUT2D eigenvalue weighted by Gasteiger charge is 2.03. The van der Waals surface area contributed by atoms with Gasteiger partial charge in [-0.2, -0.15) is 0 Å². The molecule has 0 aliphatic rings. The lowest BCUT2D eigenvalue weighted by molar-refractivity contribution is 1.23. The summed E-state index contributed by atoms with van der Waals surface area (Å²) in [6.45, 7) is 0. The molecule has 0 spiro atoms. The van der Waals surface area contributed by atoms with Crippen molar-refractivity contribution in [2.75, 3.05) is 5.32 Å². The van der Waals surface area contributed by atoms with Gasteiger partial charge in [0.1, 0.15) is 0 Å². The third kappa shape index (κ3) is 3.62. The number of para-hydroxylation sites is 1. The van der Waals surface area contributed by atoms with Crippen molar-refractivity contribution in [3.63, 3.8) is 0 Å². The number of rotatable bonds is 5. The molecule has 0 aliphatic heterocycles. The Kier molecular flexibility index (Phi) is 4.35. The van der Waals surface area contributed by atoms with Crippen molar-refractivity contribution in [2.24, 2.45) is 0 Å². The van der Waals surface area contributed by atoms with Crippen LogP contribution in [0.4, 0.5) is 10.8 Å². The maximum absolute atomic E-state index is 4.61. The second-order valence-electron chi connectivity index (χ2n) is 4.24. The smallest absolute Gasteiger partial charge is 0.187 e. The van der Waals surface area contributed by atoms with Gasteiger partial charge >= 0.3 is 0 Å². The van der Waals surface area contributed by atoms with Crippen LogP contribution in [0.1, 0.15) is 5.69 Å². The molecular weight excluding hydrogens is 284 g/mol. The first-order chi connectivity index (χ1) is 9.90. The molecule has 0 atom stereocenters. The highest BCUT2D eigenvalue weighted by Crippen LogP contribution is 2.26. The van der Waals surface area contributed by atoms with Gasteiger partial charge in [0, 0.05) is 21.7 Å². The first kappa shape index (κ1) is 13.2. The van der Waals surface area contributed by atoms with Crippen LogP contribution in [-0.2, 0) is 5.75 Å². The van der Waals surface area contributed by atoms with Gasteiger partial charge in [-0.15, -0.1) is 23.1 Å². The van der Waals surface area contributed by atoms with Crippen LogP contribution in [0.5, 0.6) is 0 Å². The van der Waals surface area contributed by atoms with Crippen LogP contribution in [0.3, 0.4) is 0 Å². The minimum absolute atomic E-state index is 0.900. The lowest BCUT2D eigenvalue weighted by Gasteiger charge is -2.01.